The first-order valence-electron chi connectivity index (χ1n) is 11.9. The summed E-state index contributed by atoms with van der Waals surface area (Å²) in [6.07, 6.45) is 1.57. The largest absolute Gasteiger partial charge is 0.481 e. The second kappa shape index (κ2) is 11.2. The Morgan fingerprint density at radius 2 is 1.68 bits per heavy atom. The summed E-state index contributed by atoms with van der Waals surface area (Å²) >= 11 is 0. The molecule has 1 aromatic rings. The van der Waals surface area contributed by atoms with E-state index in [1.807, 2.05) is 23.1 Å². The van der Waals surface area contributed by atoms with Crippen LogP contribution in [0.2, 0.25) is 0 Å². The van der Waals surface area contributed by atoms with Gasteiger partial charge in [-0.1, -0.05) is 6.07 Å². The Morgan fingerprint density at radius 1 is 1.00 bits per heavy atom. The van der Waals surface area contributed by atoms with Crippen LogP contribution in [0, 0.1) is 5.92 Å². The summed E-state index contributed by atoms with van der Waals surface area (Å²) in [5.74, 6) is -0.330. The van der Waals surface area contributed by atoms with Gasteiger partial charge in [0.1, 0.15) is 0 Å². The van der Waals surface area contributed by atoms with E-state index in [0.717, 1.165) is 42.5 Å². The molecule has 1 aromatic carbocycles. The number of alkyl halides is 3. The van der Waals surface area contributed by atoms with Crippen LogP contribution < -0.4 is 4.90 Å². The number of amides is 2. The summed E-state index contributed by atoms with van der Waals surface area (Å²) in [4.78, 5) is 29.2. The van der Waals surface area contributed by atoms with Gasteiger partial charge in [0.2, 0.25) is 0 Å². The Bertz CT molecular complexity index is 875. The third-order valence-electron chi connectivity index (χ3n) is 7.36. The van der Waals surface area contributed by atoms with Crippen molar-refractivity contribution in [3.8, 4) is 0 Å². The molecule has 0 aromatic heterocycles. The van der Waals surface area contributed by atoms with Crippen molar-refractivity contribution in [3.63, 3.8) is 0 Å². The average molecular weight is 504 g/mol. The maximum atomic E-state index is 13.2. The molecule has 10 heteroatoms. The molecule has 34 heavy (non-hydrogen) atoms. The van der Waals surface area contributed by atoms with Crippen molar-refractivity contribution in [2.75, 3.05) is 37.6 Å². The van der Waals surface area contributed by atoms with Crippen LogP contribution in [0.25, 0.3) is 0 Å². The van der Waals surface area contributed by atoms with E-state index in [9.17, 15) is 22.8 Å². The summed E-state index contributed by atoms with van der Waals surface area (Å²) in [6.45, 7) is 1.14. The van der Waals surface area contributed by atoms with E-state index in [2.05, 4.69) is 0 Å². The molecule has 6 nitrogen and oxygen atoms in total. The lowest BCUT2D eigenvalue weighted by atomic mass is 9.83. The predicted molar refractivity (Wildman–Crippen MR) is 126 cm³/mol. The number of carbonyl (C=O) groups is 2. The highest BCUT2D eigenvalue weighted by Crippen LogP contribution is 2.34. The van der Waals surface area contributed by atoms with Crippen molar-refractivity contribution in [2.24, 2.45) is 5.92 Å². The van der Waals surface area contributed by atoms with Crippen molar-refractivity contribution in [2.45, 2.75) is 63.6 Å². The smallest absolute Gasteiger partial charge is 0.401 e. The van der Waals surface area contributed by atoms with Crippen molar-refractivity contribution >= 4 is 30.1 Å². The molecule has 1 saturated carbocycles. The molecule has 190 valence electrons. The highest BCUT2D eigenvalue weighted by Gasteiger charge is 2.37. The Hall–Kier alpha value is -2.00. The van der Waals surface area contributed by atoms with E-state index in [1.54, 1.807) is 4.90 Å². The number of rotatable bonds is 6. The number of hydrogen-bond donors (Lipinski definition) is 1. The highest BCUT2D eigenvalue weighted by molar-refractivity contribution is 5.94. The topological polar surface area (TPSA) is 64.1 Å². The van der Waals surface area contributed by atoms with Gasteiger partial charge in [-0.05, 0) is 74.1 Å². The zero-order chi connectivity index (χ0) is 23.6. The second-order valence-electron chi connectivity index (χ2n) is 9.58. The zero-order valence-electron chi connectivity index (χ0n) is 19.2. The second-order valence-corrected chi connectivity index (χ2v) is 9.58. The molecule has 1 saturated heterocycles. The van der Waals surface area contributed by atoms with Gasteiger partial charge >= 0.3 is 18.2 Å². The normalized spacial score (nSPS) is 23.9. The third-order valence-corrected chi connectivity index (χ3v) is 7.36. The minimum absolute atomic E-state index is 0. The van der Waals surface area contributed by atoms with Crippen LogP contribution in [0.1, 0.15) is 49.7 Å². The molecule has 0 bridgehead atoms. The minimum Gasteiger partial charge on any atom is -0.481 e. The van der Waals surface area contributed by atoms with Crippen LogP contribution >= 0.6 is 12.4 Å². The number of carboxylic acids is 1. The summed E-state index contributed by atoms with van der Waals surface area (Å²) < 4.78 is 38.3. The molecule has 0 unspecified atom stereocenters. The van der Waals surface area contributed by atoms with Crippen LogP contribution in [0.15, 0.2) is 18.2 Å². The molecule has 3 aliphatic rings. The molecule has 0 atom stereocenters. The Kier molecular flexibility index (Phi) is 8.73. The van der Waals surface area contributed by atoms with E-state index in [0.29, 0.717) is 51.4 Å². The summed E-state index contributed by atoms with van der Waals surface area (Å²) in [5.41, 5.74) is 2.91. The average Bonchev–Trinajstić information content (AvgIpc) is 3.03. The third kappa shape index (κ3) is 6.56. The first-order valence-corrected chi connectivity index (χ1v) is 11.9. The lowest BCUT2D eigenvalue weighted by Gasteiger charge is -2.34. The van der Waals surface area contributed by atoms with Gasteiger partial charge in [0.15, 0.2) is 0 Å². The van der Waals surface area contributed by atoms with E-state index >= 15 is 0 Å². The fourth-order valence-corrected chi connectivity index (χ4v) is 5.54. The number of anilines is 1. The van der Waals surface area contributed by atoms with E-state index in [1.165, 1.54) is 4.90 Å². The molecular formula is C24H33ClF3N3O3. The van der Waals surface area contributed by atoms with Crippen molar-refractivity contribution in [1.29, 1.82) is 0 Å². The van der Waals surface area contributed by atoms with Crippen LogP contribution in [0.4, 0.5) is 23.7 Å². The van der Waals surface area contributed by atoms with Gasteiger partial charge in [-0.25, -0.2) is 4.79 Å². The molecule has 2 amide bonds. The number of nitrogens with zero attached hydrogens (tertiary/aromatic N) is 3. The number of hydrogen-bond acceptors (Lipinski definition) is 3. The highest BCUT2D eigenvalue weighted by atomic mass is 35.5. The van der Waals surface area contributed by atoms with Gasteiger partial charge < -0.3 is 10.0 Å². The van der Waals surface area contributed by atoms with Crippen molar-refractivity contribution in [1.82, 2.24) is 9.80 Å². The molecule has 2 heterocycles. The predicted octanol–water partition coefficient (Wildman–Crippen LogP) is 4.74. The quantitative estimate of drug-likeness (QED) is 0.609. The zero-order valence-corrected chi connectivity index (χ0v) is 20.0. The summed E-state index contributed by atoms with van der Waals surface area (Å²) in [6, 6.07) is 6.06. The Labute approximate surface area is 204 Å². The van der Waals surface area contributed by atoms with Crippen molar-refractivity contribution < 1.29 is 27.9 Å². The molecule has 0 radical (unpaired) electrons. The summed E-state index contributed by atoms with van der Waals surface area (Å²) in [5, 5.41) is 8.88. The van der Waals surface area contributed by atoms with Gasteiger partial charge in [0.05, 0.1) is 6.54 Å². The SMILES string of the molecule is Cl.O=C(O)CC[C@H]1CC[C@H](N2CCN(c3ccc4c(c3)CCN(CC(F)(F)F)CC4)C2=O)CC1. The molecule has 2 aliphatic heterocycles. The number of fused-ring (bicyclic) bond motifs is 1. The first kappa shape index (κ1) is 26.6. The molecule has 2 fully saturated rings. The van der Waals surface area contributed by atoms with Gasteiger partial charge in [-0.2, -0.15) is 13.2 Å². The monoisotopic (exact) mass is 503 g/mol. The van der Waals surface area contributed by atoms with Gasteiger partial charge in [0.25, 0.3) is 0 Å². The Morgan fingerprint density at radius 3 is 2.32 bits per heavy atom. The lowest BCUT2D eigenvalue weighted by Crippen LogP contribution is -2.41. The number of halogens is 4. The van der Waals surface area contributed by atoms with Gasteiger partial charge in [0, 0.05) is 44.3 Å². The molecular weight excluding hydrogens is 471 g/mol. The van der Waals surface area contributed by atoms with E-state index < -0.39 is 18.7 Å². The standard InChI is InChI=1S/C24H32F3N3O3.ClH/c25-24(26,27)16-28-11-9-18-4-7-21(15-19(18)10-12-28)30-14-13-29(23(30)33)20-5-1-17(2-6-20)3-8-22(31)32;/h4,7,15,17,20H,1-3,5-6,8-14,16H2,(H,31,32);1H/t17-,20-;. The summed E-state index contributed by atoms with van der Waals surface area (Å²) in [7, 11) is 0. The van der Waals surface area contributed by atoms with Gasteiger partial charge in [-0.3, -0.25) is 14.6 Å². The Balaban J connectivity index is 0.00000324. The number of aliphatic carboxylic acids is 1. The van der Waals surface area contributed by atoms with Gasteiger partial charge in [-0.15, -0.1) is 12.4 Å². The number of carbonyl (C=O) groups excluding carboxylic acids is 1. The first-order chi connectivity index (χ1) is 15.7. The number of benzene rings is 1. The van der Waals surface area contributed by atoms with Crippen LogP contribution in [0.3, 0.4) is 0 Å². The lowest BCUT2D eigenvalue weighted by molar-refractivity contribution is -0.145. The van der Waals surface area contributed by atoms with Crippen LogP contribution in [-0.2, 0) is 17.6 Å². The maximum absolute atomic E-state index is 13.2. The maximum Gasteiger partial charge on any atom is 0.401 e. The minimum atomic E-state index is -4.19. The molecule has 0 spiro atoms. The van der Waals surface area contributed by atoms with Crippen LogP contribution in [0.5, 0.6) is 0 Å². The fourth-order valence-electron chi connectivity index (χ4n) is 5.54. The number of carboxylic acid groups (broad SMARTS) is 1. The fraction of sp³-hybridized carbons (Fsp3) is 0.667. The van der Waals surface area contributed by atoms with E-state index in [-0.39, 0.29) is 30.9 Å². The molecule has 1 aliphatic carbocycles. The molecule has 4 rings (SSSR count). The molecule has 1 N–H and O–H groups in total. The number of urea groups is 1. The van der Waals surface area contributed by atoms with Crippen molar-refractivity contribution in [3.05, 3.63) is 29.3 Å². The van der Waals surface area contributed by atoms with E-state index in [4.69, 9.17) is 5.11 Å². The van der Waals surface area contributed by atoms with Crippen LogP contribution in [-0.4, -0.2) is 71.8 Å².